The number of furan rings is 1. The minimum absolute atomic E-state index is 0.0933. The first-order valence-electron chi connectivity index (χ1n) is 9.10. The molecule has 1 unspecified atom stereocenters. The van der Waals surface area contributed by atoms with Crippen LogP contribution in [0.2, 0.25) is 0 Å². The van der Waals surface area contributed by atoms with Crippen LogP contribution < -0.4 is 5.32 Å². The van der Waals surface area contributed by atoms with Gasteiger partial charge in [0.15, 0.2) is 5.76 Å². The number of nitrogens with one attached hydrogen (secondary N) is 1. The summed E-state index contributed by atoms with van der Waals surface area (Å²) in [7, 11) is 0. The summed E-state index contributed by atoms with van der Waals surface area (Å²) in [6, 6.07) is 5.60. The smallest absolute Gasteiger partial charge is 0.289 e. The molecule has 1 fully saturated rings. The Balaban J connectivity index is 1.66. The van der Waals surface area contributed by atoms with Gasteiger partial charge in [0, 0.05) is 31.3 Å². The fourth-order valence-corrected chi connectivity index (χ4v) is 3.22. The summed E-state index contributed by atoms with van der Waals surface area (Å²) < 4.78 is 5.68. The van der Waals surface area contributed by atoms with Crippen molar-refractivity contribution in [3.63, 3.8) is 0 Å². The van der Waals surface area contributed by atoms with Crippen molar-refractivity contribution in [3.05, 3.63) is 47.0 Å². The molecule has 26 heavy (non-hydrogen) atoms. The molecule has 0 aromatic carbocycles. The Bertz CT molecular complexity index is 795. The van der Waals surface area contributed by atoms with Gasteiger partial charge in [-0.05, 0) is 44.4 Å². The van der Waals surface area contributed by atoms with E-state index in [0.717, 1.165) is 36.1 Å². The van der Waals surface area contributed by atoms with E-state index in [1.165, 1.54) is 0 Å². The van der Waals surface area contributed by atoms with Crippen molar-refractivity contribution in [3.8, 4) is 0 Å². The van der Waals surface area contributed by atoms with Gasteiger partial charge in [-0.1, -0.05) is 13.0 Å². The fourth-order valence-electron chi connectivity index (χ4n) is 3.22. The molecule has 1 aliphatic rings. The zero-order chi connectivity index (χ0) is 18.7. The number of hydrogen-bond donors (Lipinski definition) is 1. The maximum Gasteiger partial charge on any atom is 0.289 e. The Hall–Kier alpha value is -2.63. The third kappa shape index (κ3) is 3.95. The maximum absolute atomic E-state index is 12.8. The lowest BCUT2D eigenvalue weighted by molar-refractivity contribution is -0.121. The van der Waals surface area contributed by atoms with Gasteiger partial charge in [-0.25, -0.2) is 4.98 Å². The van der Waals surface area contributed by atoms with Gasteiger partial charge < -0.3 is 14.6 Å². The number of aromatic nitrogens is 1. The Morgan fingerprint density at radius 1 is 1.35 bits per heavy atom. The van der Waals surface area contributed by atoms with E-state index in [2.05, 4.69) is 10.3 Å². The molecular weight excluding hydrogens is 330 g/mol. The van der Waals surface area contributed by atoms with Gasteiger partial charge in [0.05, 0.1) is 5.92 Å². The fraction of sp³-hybridized carbons (Fsp3) is 0.450. The van der Waals surface area contributed by atoms with E-state index in [1.54, 1.807) is 17.2 Å². The van der Waals surface area contributed by atoms with Gasteiger partial charge in [0.2, 0.25) is 5.91 Å². The molecule has 1 aliphatic heterocycles. The van der Waals surface area contributed by atoms with Crippen molar-refractivity contribution >= 4 is 17.6 Å². The van der Waals surface area contributed by atoms with Gasteiger partial charge >= 0.3 is 0 Å². The summed E-state index contributed by atoms with van der Waals surface area (Å²) in [5.74, 6) is 1.28. The van der Waals surface area contributed by atoms with E-state index >= 15 is 0 Å². The molecule has 0 saturated carbocycles. The number of likely N-dealkylation sites (tertiary alicyclic amines) is 1. The van der Waals surface area contributed by atoms with Crippen molar-refractivity contribution in [2.75, 3.05) is 18.4 Å². The van der Waals surface area contributed by atoms with Crippen LogP contribution in [0, 0.1) is 19.8 Å². The molecule has 1 N–H and O–H groups in total. The highest BCUT2D eigenvalue weighted by atomic mass is 16.4. The van der Waals surface area contributed by atoms with Crippen LogP contribution in [-0.2, 0) is 11.2 Å². The molecule has 0 aliphatic carbocycles. The zero-order valence-corrected chi connectivity index (χ0v) is 15.5. The second-order valence-corrected chi connectivity index (χ2v) is 6.88. The lowest BCUT2D eigenvalue weighted by Crippen LogP contribution is -2.43. The Labute approximate surface area is 153 Å². The molecule has 0 spiro atoms. The van der Waals surface area contributed by atoms with Gasteiger partial charge in [0.1, 0.15) is 11.6 Å². The molecule has 1 atom stereocenters. The van der Waals surface area contributed by atoms with Gasteiger partial charge in [-0.2, -0.15) is 0 Å². The first kappa shape index (κ1) is 18.2. The molecule has 6 heteroatoms. The first-order valence-corrected chi connectivity index (χ1v) is 9.10. The number of piperidine rings is 1. The molecular formula is C20H25N3O3. The Morgan fingerprint density at radius 3 is 2.81 bits per heavy atom. The molecule has 138 valence electrons. The lowest BCUT2D eigenvalue weighted by atomic mass is 9.96. The summed E-state index contributed by atoms with van der Waals surface area (Å²) >= 11 is 0. The average Bonchev–Trinajstić information content (AvgIpc) is 3.04. The van der Waals surface area contributed by atoms with E-state index in [9.17, 15) is 9.59 Å². The third-order valence-electron chi connectivity index (χ3n) is 4.75. The topological polar surface area (TPSA) is 75.4 Å². The van der Waals surface area contributed by atoms with Crippen LogP contribution in [0.25, 0.3) is 0 Å². The quantitative estimate of drug-likeness (QED) is 0.913. The van der Waals surface area contributed by atoms with Crippen molar-refractivity contribution in [2.24, 2.45) is 5.92 Å². The first-order chi connectivity index (χ1) is 12.5. The zero-order valence-electron chi connectivity index (χ0n) is 15.5. The Morgan fingerprint density at radius 2 is 2.15 bits per heavy atom. The monoisotopic (exact) mass is 355 g/mol. The third-order valence-corrected chi connectivity index (χ3v) is 4.75. The van der Waals surface area contributed by atoms with Crippen molar-refractivity contribution in [1.29, 1.82) is 0 Å². The van der Waals surface area contributed by atoms with E-state index in [1.807, 2.05) is 32.9 Å². The van der Waals surface area contributed by atoms with Crippen molar-refractivity contribution in [2.45, 2.75) is 40.0 Å². The van der Waals surface area contributed by atoms with Gasteiger partial charge in [-0.3, -0.25) is 9.59 Å². The number of anilines is 1. The number of hydrogen-bond acceptors (Lipinski definition) is 4. The van der Waals surface area contributed by atoms with Crippen LogP contribution in [0.5, 0.6) is 0 Å². The number of pyridine rings is 1. The summed E-state index contributed by atoms with van der Waals surface area (Å²) in [4.78, 5) is 31.3. The highest BCUT2D eigenvalue weighted by molar-refractivity contribution is 5.95. The van der Waals surface area contributed by atoms with Crippen molar-refractivity contribution in [1.82, 2.24) is 9.88 Å². The minimum atomic E-state index is -0.239. The van der Waals surface area contributed by atoms with Crippen LogP contribution in [0.1, 0.15) is 47.2 Å². The molecule has 2 amide bonds. The second kappa shape index (κ2) is 7.72. The van der Waals surface area contributed by atoms with Crippen LogP contribution >= 0.6 is 0 Å². The minimum Gasteiger partial charge on any atom is -0.456 e. The average molecular weight is 355 g/mol. The lowest BCUT2D eigenvalue weighted by Gasteiger charge is -2.31. The largest absolute Gasteiger partial charge is 0.456 e. The molecule has 2 aromatic rings. The summed E-state index contributed by atoms with van der Waals surface area (Å²) in [6.07, 6.45) is 4.03. The molecule has 3 rings (SSSR count). The molecule has 1 saturated heterocycles. The molecule has 3 heterocycles. The number of amides is 2. The number of rotatable bonds is 4. The molecule has 0 bridgehead atoms. The van der Waals surface area contributed by atoms with Gasteiger partial charge in [-0.15, -0.1) is 0 Å². The second-order valence-electron chi connectivity index (χ2n) is 6.88. The van der Waals surface area contributed by atoms with E-state index in [0.29, 0.717) is 24.7 Å². The van der Waals surface area contributed by atoms with E-state index < -0.39 is 0 Å². The SMILES string of the molecule is CCc1cc(C)c(C(=O)N2CCCC(C(=O)Nc3ccc(C)cn3)C2)o1. The predicted molar refractivity (Wildman–Crippen MR) is 99.1 cm³/mol. The highest BCUT2D eigenvalue weighted by Gasteiger charge is 2.31. The van der Waals surface area contributed by atoms with Crippen LogP contribution in [0.15, 0.2) is 28.8 Å². The number of carbonyl (C=O) groups excluding carboxylic acids is 2. The predicted octanol–water partition coefficient (Wildman–Crippen LogP) is 3.34. The number of nitrogens with zero attached hydrogens (tertiary/aromatic N) is 2. The van der Waals surface area contributed by atoms with Crippen LogP contribution in [0.4, 0.5) is 5.82 Å². The summed E-state index contributed by atoms with van der Waals surface area (Å²) in [5.41, 5.74) is 1.89. The van der Waals surface area contributed by atoms with E-state index in [-0.39, 0.29) is 17.7 Å². The normalized spacial score (nSPS) is 17.2. The van der Waals surface area contributed by atoms with Crippen LogP contribution in [0.3, 0.4) is 0 Å². The summed E-state index contributed by atoms with van der Waals surface area (Å²) in [5, 5.41) is 2.85. The van der Waals surface area contributed by atoms with E-state index in [4.69, 9.17) is 4.42 Å². The molecule has 6 nitrogen and oxygen atoms in total. The molecule has 0 radical (unpaired) electrons. The summed E-state index contributed by atoms with van der Waals surface area (Å²) in [6.45, 7) is 6.87. The molecule has 2 aromatic heterocycles. The highest BCUT2D eigenvalue weighted by Crippen LogP contribution is 2.23. The number of carbonyl (C=O) groups is 2. The Kier molecular flexibility index (Phi) is 5.40. The maximum atomic E-state index is 12.8. The van der Waals surface area contributed by atoms with Crippen LogP contribution in [-0.4, -0.2) is 34.8 Å². The van der Waals surface area contributed by atoms with Gasteiger partial charge in [0.25, 0.3) is 5.91 Å². The number of aryl methyl sites for hydroxylation is 3. The van der Waals surface area contributed by atoms with Crippen molar-refractivity contribution < 1.29 is 14.0 Å². The standard InChI is InChI=1S/C20H25N3O3/c1-4-16-10-14(3)18(26-16)20(25)23-9-5-6-15(12-23)19(24)22-17-8-7-13(2)11-21-17/h7-8,10-11,15H,4-6,9,12H2,1-3H3,(H,21,22,24).